The van der Waals surface area contributed by atoms with Crippen LogP contribution < -0.4 is 4.74 Å². The van der Waals surface area contributed by atoms with Gasteiger partial charge >= 0.3 is 0 Å². The summed E-state index contributed by atoms with van der Waals surface area (Å²) in [5.41, 5.74) is 2.41. The molecular formula is C25H28N4O5. The van der Waals surface area contributed by atoms with Crippen molar-refractivity contribution in [3.63, 3.8) is 0 Å². The van der Waals surface area contributed by atoms with Gasteiger partial charge in [0.15, 0.2) is 12.4 Å². The molecule has 0 unspecified atom stereocenters. The summed E-state index contributed by atoms with van der Waals surface area (Å²) in [7, 11) is 1.72. The number of likely N-dealkylation sites (N-methyl/N-ethyl adjacent to an activating group) is 1. The highest BCUT2D eigenvalue weighted by molar-refractivity contribution is 5.94. The molecule has 0 N–H and O–H groups in total. The zero-order valence-corrected chi connectivity index (χ0v) is 19.4. The maximum absolute atomic E-state index is 12.6. The second-order valence-electron chi connectivity index (χ2n) is 8.17. The molecule has 2 aromatic carbocycles. The smallest absolute Gasteiger partial charge is 0.260 e. The van der Waals surface area contributed by atoms with Crippen molar-refractivity contribution in [2.24, 2.45) is 0 Å². The molecule has 0 bridgehead atoms. The summed E-state index contributed by atoms with van der Waals surface area (Å²) in [5, 5.41) is 4.01. The van der Waals surface area contributed by atoms with Crippen LogP contribution in [0.3, 0.4) is 0 Å². The van der Waals surface area contributed by atoms with Gasteiger partial charge < -0.3 is 23.8 Å². The number of benzene rings is 2. The number of rotatable bonds is 8. The van der Waals surface area contributed by atoms with E-state index in [-0.39, 0.29) is 18.4 Å². The van der Waals surface area contributed by atoms with E-state index in [1.807, 2.05) is 31.2 Å². The lowest BCUT2D eigenvalue weighted by molar-refractivity contribution is -0.132. The molecular weight excluding hydrogens is 436 g/mol. The molecule has 1 saturated heterocycles. The average Bonchev–Trinajstić information content (AvgIpc) is 3.35. The third-order valence-corrected chi connectivity index (χ3v) is 5.59. The molecule has 0 saturated carbocycles. The normalized spacial score (nSPS) is 13.5. The van der Waals surface area contributed by atoms with E-state index in [1.165, 1.54) is 0 Å². The minimum atomic E-state index is -0.134. The summed E-state index contributed by atoms with van der Waals surface area (Å²) in [6.45, 7) is 4.70. The Bertz CT molecular complexity index is 1120. The Labute approximate surface area is 198 Å². The first kappa shape index (κ1) is 23.4. The van der Waals surface area contributed by atoms with Gasteiger partial charge in [-0.05, 0) is 48.9 Å². The molecule has 9 nitrogen and oxygen atoms in total. The molecule has 4 rings (SSSR count). The van der Waals surface area contributed by atoms with Crippen molar-refractivity contribution in [3.8, 4) is 17.2 Å². The number of carbonyl (C=O) groups is 2. The molecule has 2 heterocycles. The van der Waals surface area contributed by atoms with Crippen LogP contribution in [0.15, 0.2) is 53.1 Å². The van der Waals surface area contributed by atoms with Gasteiger partial charge in [-0.25, -0.2) is 0 Å². The number of carbonyl (C=O) groups excluding carboxylic acids is 2. The topological polar surface area (TPSA) is 98.0 Å². The summed E-state index contributed by atoms with van der Waals surface area (Å²) in [4.78, 5) is 32.7. The van der Waals surface area contributed by atoms with Crippen molar-refractivity contribution in [1.82, 2.24) is 19.9 Å². The first-order chi connectivity index (χ1) is 16.5. The van der Waals surface area contributed by atoms with Gasteiger partial charge in [-0.2, -0.15) is 4.98 Å². The van der Waals surface area contributed by atoms with Crippen LogP contribution in [0, 0.1) is 6.92 Å². The zero-order chi connectivity index (χ0) is 23.9. The predicted molar refractivity (Wildman–Crippen MR) is 124 cm³/mol. The summed E-state index contributed by atoms with van der Waals surface area (Å²) in [6.07, 6.45) is 0.448. The Morgan fingerprint density at radius 2 is 1.88 bits per heavy atom. The van der Waals surface area contributed by atoms with Crippen LogP contribution in [0.4, 0.5) is 0 Å². The summed E-state index contributed by atoms with van der Waals surface area (Å²) in [6, 6.07) is 14.7. The third-order valence-electron chi connectivity index (χ3n) is 5.59. The van der Waals surface area contributed by atoms with Crippen LogP contribution >= 0.6 is 0 Å². The second-order valence-corrected chi connectivity index (χ2v) is 8.17. The number of aryl methyl sites for hydroxylation is 1. The molecule has 2 amide bonds. The van der Waals surface area contributed by atoms with E-state index in [0.29, 0.717) is 62.3 Å². The molecule has 0 aliphatic carbocycles. The molecule has 3 aromatic rings. The number of ether oxygens (including phenoxy) is 2. The Kier molecular flexibility index (Phi) is 7.54. The fraction of sp³-hybridized carbons (Fsp3) is 0.360. The first-order valence-corrected chi connectivity index (χ1v) is 11.2. The van der Waals surface area contributed by atoms with Crippen molar-refractivity contribution in [3.05, 3.63) is 65.5 Å². The van der Waals surface area contributed by atoms with Gasteiger partial charge in [0.05, 0.1) is 13.2 Å². The van der Waals surface area contributed by atoms with Gasteiger partial charge in [0.25, 0.3) is 17.7 Å². The number of amides is 2. The van der Waals surface area contributed by atoms with Gasteiger partial charge in [0.1, 0.15) is 5.75 Å². The van der Waals surface area contributed by atoms with Crippen LogP contribution in [0.5, 0.6) is 5.75 Å². The minimum absolute atomic E-state index is 0.0137. The molecule has 1 aromatic heterocycles. The minimum Gasteiger partial charge on any atom is -0.484 e. The number of hydrogen-bond donors (Lipinski definition) is 0. The van der Waals surface area contributed by atoms with Crippen molar-refractivity contribution in [1.29, 1.82) is 0 Å². The fourth-order valence-electron chi connectivity index (χ4n) is 3.53. The van der Waals surface area contributed by atoms with E-state index in [0.717, 1.165) is 11.1 Å². The highest BCUT2D eigenvalue weighted by atomic mass is 16.5. The van der Waals surface area contributed by atoms with Crippen molar-refractivity contribution < 1.29 is 23.6 Å². The van der Waals surface area contributed by atoms with E-state index in [1.54, 1.807) is 41.1 Å². The maximum atomic E-state index is 12.6. The number of morpholine rings is 1. The van der Waals surface area contributed by atoms with Gasteiger partial charge in [0.2, 0.25) is 0 Å². The highest BCUT2D eigenvalue weighted by Crippen LogP contribution is 2.19. The number of aromatic nitrogens is 2. The largest absolute Gasteiger partial charge is 0.484 e. The third kappa shape index (κ3) is 5.99. The van der Waals surface area contributed by atoms with Crippen LogP contribution in [-0.4, -0.2) is 78.3 Å². The molecule has 1 fully saturated rings. The molecule has 1 aliphatic rings. The first-order valence-electron chi connectivity index (χ1n) is 11.2. The van der Waals surface area contributed by atoms with Crippen LogP contribution in [-0.2, 0) is 16.0 Å². The van der Waals surface area contributed by atoms with Crippen LogP contribution in [0.2, 0.25) is 0 Å². The molecule has 0 spiro atoms. The van der Waals surface area contributed by atoms with Crippen LogP contribution in [0.25, 0.3) is 11.5 Å². The summed E-state index contributed by atoms with van der Waals surface area (Å²) in [5.74, 6) is 1.40. The van der Waals surface area contributed by atoms with E-state index >= 15 is 0 Å². The molecule has 34 heavy (non-hydrogen) atoms. The number of nitrogens with zero attached hydrogens (tertiary/aromatic N) is 4. The molecule has 9 heteroatoms. The average molecular weight is 465 g/mol. The van der Waals surface area contributed by atoms with E-state index in [4.69, 9.17) is 14.0 Å². The Hall–Kier alpha value is -3.72. The molecule has 178 valence electrons. The molecule has 0 radical (unpaired) electrons. The van der Waals surface area contributed by atoms with Crippen LogP contribution in [0.1, 0.15) is 21.7 Å². The SMILES string of the molecule is Cc1cccc(OCC(=O)N(C)CCc2noc(-c3ccc(C(=O)N4CCOCC4)cc3)n2)c1. The van der Waals surface area contributed by atoms with Crippen molar-refractivity contribution in [2.45, 2.75) is 13.3 Å². The Morgan fingerprint density at radius 1 is 1.12 bits per heavy atom. The number of hydrogen-bond acceptors (Lipinski definition) is 7. The van der Waals surface area contributed by atoms with Crippen molar-refractivity contribution in [2.75, 3.05) is 46.5 Å². The van der Waals surface area contributed by atoms with Gasteiger partial charge in [-0.1, -0.05) is 17.3 Å². The second kappa shape index (κ2) is 10.9. The van der Waals surface area contributed by atoms with Gasteiger partial charge in [0, 0.05) is 44.2 Å². The maximum Gasteiger partial charge on any atom is 0.260 e. The lowest BCUT2D eigenvalue weighted by Gasteiger charge is -2.26. The predicted octanol–water partition coefficient (Wildman–Crippen LogP) is 2.60. The van der Waals surface area contributed by atoms with E-state index in [2.05, 4.69) is 10.1 Å². The Morgan fingerprint density at radius 3 is 2.62 bits per heavy atom. The zero-order valence-electron chi connectivity index (χ0n) is 19.4. The van der Waals surface area contributed by atoms with Gasteiger partial charge in [-0.15, -0.1) is 0 Å². The van der Waals surface area contributed by atoms with E-state index < -0.39 is 0 Å². The summed E-state index contributed by atoms with van der Waals surface area (Å²) < 4.78 is 16.2. The van der Waals surface area contributed by atoms with E-state index in [9.17, 15) is 9.59 Å². The van der Waals surface area contributed by atoms with Gasteiger partial charge in [-0.3, -0.25) is 9.59 Å². The monoisotopic (exact) mass is 464 g/mol. The summed E-state index contributed by atoms with van der Waals surface area (Å²) >= 11 is 0. The lowest BCUT2D eigenvalue weighted by atomic mass is 10.1. The molecule has 0 atom stereocenters. The fourth-order valence-corrected chi connectivity index (χ4v) is 3.53. The molecule has 1 aliphatic heterocycles. The Balaban J connectivity index is 1.27. The quantitative estimate of drug-likeness (QED) is 0.505. The standard InChI is InChI=1S/C25H28N4O5/c1-18-4-3-5-21(16-18)33-17-23(30)28(2)11-10-22-26-24(34-27-22)19-6-8-20(9-7-19)25(31)29-12-14-32-15-13-29/h3-9,16H,10-15,17H2,1-2H3. The highest BCUT2D eigenvalue weighted by Gasteiger charge is 2.19. The lowest BCUT2D eigenvalue weighted by Crippen LogP contribution is -2.40. The van der Waals surface area contributed by atoms with Crippen molar-refractivity contribution >= 4 is 11.8 Å².